The number of aromatic hydroxyl groups is 1. The average molecular weight is 240 g/mol. The number of aromatic amines is 1. The highest BCUT2D eigenvalue weighted by Crippen LogP contribution is 2.25. The van der Waals surface area contributed by atoms with Crippen LogP contribution in [0.1, 0.15) is 0 Å². The van der Waals surface area contributed by atoms with E-state index < -0.39 is 17.1 Å². The quantitative estimate of drug-likeness (QED) is 0.804. The lowest BCUT2D eigenvalue weighted by Gasteiger charge is -2.03. The van der Waals surface area contributed by atoms with Crippen molar-refractivity contribution in [3.05, 3.63) is 51.7 Å². The first kappa shape index (κ1) is 10.7. The molecule has 1 heterocycles. The Morgan fingerprint density at radius 2 is 2.00 bits per heavy atom. The topological polar surface area (TPSA) is 53.1 Å². The van der Waals surface area contributed by atoms with Gasteiger partial charge in [0.25, 0.3) is 5.56 Å². The van der Waals surface area contributed by atoms with Gasteiger partial charge in [0.15, 0.2) is 5.75 Å². The maximum Gasteiger partial charge on any atom is 0.290 e. The third-order valence-electron chi connectivity index (χ3n) is 2.14. The fourth-order valence-electron chi connectivity index (χ4n) is 1.31. The lowest BCUT2D eigenvalue weighted by molar-refractivity contribution is 0.467. The van der Waals surface area contributed by atoms with Crippen LogP contribution in [0, 0.1) is 5.82 Å². The van der Waals surface area contributed by atoms with E-state index in [9.17, 15) is 14.3 Å². The molecule has 0 radical (unpaired) electrons. The SMILES string of the molecule is O=c1[nH]cc(-c2ccc(F)c(Cl)c2)cc1O. The lowest BCUT2D eigenvalue weighted by atomic mass is 10.1. The Morgan fingerprint density at radius 3 is 2.62 bits per heavy atom. The van der Waals surface area contributed by atoms with Crippen LogP contribution in [0.2, 0.25) is 5.02 Å². The molecule has 0 aliphatic heterocycles. The number of H-pyrrole nitrogens is 1. The molecule has 3 nitrogen and oxygen atoms in total. The van der Waals surface area contributed by atoms with Gasteiger partial charge in [0, 0.05) is 11.8 Å². The first-order valence-corrected chi connectivity index (χ1v) is 4.83. The number of nitrogens with one attached hydrogen (secondary N) is 1. The molecule has 0 amide bonds. The number of hydrogen-bond acceptors (Lipinski definition) is 2. The van der Waals surface area contributed by atoms with Crippen LogP contribution in [0.3, 0.4) is 0 Å². The van der Waals surface area contributed by atoms with Gasteiger partial charge in [-0.1, -0.05) is 17.7 Å². The molecule has 0 bridgehead atoms. The van der Waals surface area contributed by atoms with Crippen LogP contribution in [-0.4, -0.2) is 10.1 Å². The Bertz CT molecular complexity index is 595. The summed E-state index contributed by atoms with van der Waals surface area (Å²) in [5.41, 5.74) is 0.592. The Kier molecular flexibility index (Phi) is 2.66. The molecule has 0 fully saturated rings. The van der Waals surface area contributed by atoms with Crippen molar-refractivity contribution in [1.29, 1.82) is 0 Å². The zero-order valence-electron chi connectivity index (χ0n) is 8.00. The maximum absolute atomic E-state index is 12.9. The number of halogens is 2. The number of hydrogen-bond donors (Lipinski definition) is 2. The summed E-state index contributed by atoms with van der Waals surface area (Å²) < 4.78 is 12.9. The summed E-state index contributed by atoms with van der Waals surface area (Å²) in [7, 11) is 0. The van der Waals surface area contributed by atoms with Gasteiger partial charge in [0.2, 0.25) is 0 Å². The van der Waals surface area contributed by atoms with Gasteiger partial charge in [0.1, 0.15) is 5.82 Å². The third kappa shape index (κ3) is 1.92. The van der Waals surface area contributed by atoms with E-state index in [4.69, 9.17) is 11.6 Å². The van der Waals surface area contributed by atoms with Crippen molar-refractivity contribution in [2.45, 2.75) is 0 Å². The van der Waals surface area contributed by atoms with E-state index in [0.29, 0.717) is 11.1 Å². The van der Waals surface area contributed by atoms with Crippen LogP contribution >= 0.6 is 11.6 Å². The molecule has 0 saturated carbocycles. The first-order chi connectivity index (χ1) is 7.58. The number of pyridine rings is 1. The van der Waals surface area contributed by atoms with Crippen LogP contribution in [-0.2, 0) is 0 Å². The van der Waals surface area contributed by atoms with Gasteiger partial charge in [0.05, 0.1) is 5.02 Å². The van der Waals surface area contributed by atoms with Gasteiger partial charge in [-0.2, -0.15) is 0 Å². The molecule has 2 N–H and O–H groups in total. The Balaban J connectivity index is 2.54. The molecule has 0 spiro atoms. The summed E-state index contributed by atoms with van der Waals surface area (Å²) in [5.74, 6) is -0.906. The molecule has 2 aromatic rings. The summed E-state index contributed by atoms with van der Waals surface area (Å²) in [6.45, 7) is 0. The van der Waals surface area contributed by atoms with E-state index in [1.54, 1.807) is 0 Å². The minimum absolute atomic E-state index is 0.0109. The molecular weight excluding hydrogens is 233 g/mol. The molecule has 0 aliphatic carbocycles. The molecule has 5 heteroatoms. The highest BCUT2D eigenvalue weighted by molar-refractivity contribution is 6.31. The molecule has 0 aliphatic rings. The number of benzene rings is 1. The Hall–Kier alpha value is -1.81. The van der Waals surface area contributed by atoms with Crippen molar-refractivity contribution in [3.63, 3.8) is 0 Å². The molecule has 0 atom stereocenters. The van der Waals surface area contributed by atoms with Crippen molar-refractivity contribution < 1.29 is 9.50 Å². The molecule has 0 unspecified atom stereocenters. The van der Waals surface area contributed by atoms with Gasteiger partial charge in [-0.25, -0.2) is 4.39 Å². The van der Waals surface area contributed by atoms with Gasteiger partial charge in [-0.3, -0.25) is 4.79 Å². The van der Waals surface area contributed by atoms with E-state index in [1.165, 1.54) is 30.5 Å². The summed E-state index contributed by atoms with van der Waals surface area (Å²) >= 11 is 5.63. The van der Waals surface area contributed by atoms with Crippen molar-refractivity contribution >= 4 is 11.6 Å². The normalized spacial score (nSPS) is 10.4. The first-order valence-electron chi connectivity index (χ1n) is 4.45. The van der Waals surface area contributed by atoms with E-state index >= 15 is 0 Å². The zero-order valence-corrected chi connectivity index (χ0v) is 8.75. The number of rotatable bonds is 1. The fourth-order valence-corrected chi connectivity index (χ4v) is 1.49. The molecule has 1 aromatic heterocycles. The predicted octanol–water partition coefficient (Wildman–Crippen LogP) is 2.54. The van der Waals surface area contributed by atoms with Crippen LogP contribution < -0.4 is 5.56 Å². The van der Waals surface area contributed by atoms with Crippen LogP contribution in [0.15, 0.2) is 35.3 Å². The fraction of sp³-hybridized carbons (Fsp3) is 0. The molecule has 1 aromatic carbocycles. The highest BCUT2D eigenvalue weighted by Gasteiger charge is 2.05. The number of aromatic nitrogens is 1. The Morgan fingerprint density at radius 1 is 1.25 bits per heavy atom. The van der Waals surface area contributed by atoms with E-state index in [-0.39, 0.29) is 5.02 Å². The smallest absolute Gasteiger partial charge is 0.290 e. The van der Waals surface area contributed by atoms with Crippen LogP contribution in [0.4, 0.5) is 4.39 Å². The van der Waals surface area contributed by atoms with E-state index in [1.807, 2.05) is 0 Å². The van der Waals surface area contributed by atoms with Gasteiger partial charge >= 0.3 is 0 Å². The van der Waals surface area contributed by atoms with Crippen molar-refractivity contribution in [2.75, 3.05) is 0 Å². The summed E-state index contributed by atoms with van der Waals surface area (Å²) in [6, 6.07) is 5.44. The third-order valence-corrected chi connectivity index (χ3v) is 2.43. The summed E-state index contributed by atoms with van der Waals surface area (Å²) in [5, 5.41) is 9.22. The van der Waals surface area contributed by atoms with Crippen molar-refractivity contribution in [2.24, 2.45) is 0 Å². The molecule has 2 rings (SSSR count). The second-order valence-corrected chi connectivity index (χ2v) is 3.64. The maximum atomic E-state index is 12.9. The van der Waals surface area contributed by atoms with E-state index in [2.05, 4.69) is 4.98 Å². The summed E-state index contributed by atoms with van der Waals surface area (Å²) in [4.78, 5) is 13.3. The largest absolute Gasteiger partial charge is 0.503 e. The molecular formula is C11H7ClFNO2. The lowest BCUT2D eigenvalue weighted by Crippen LogP contribution is -2.03. The predicted molar refractivity (Wildman–Crippen MR) is 59.1 cm³/mol. The minimum Gasteiger partial charge on any atom is -0.503 e. The monoisotopic (exact) mass is 239 g/mol. The van der Waals surface area contributed by atoms with Crippen LogP contribution in [0.5, 0.6) is 5.75 Å². The summed E-state index contributed by atoms with van der Waals surface area (Å²) in [6.07, 6.45) is 1.42. The van der Waals surface area contributed by atoms with Crippen LogP contribution in [0.25, 0.3) is 11.1 Å². The highest BCUT2D eigenvalue weighted by atomic mass is 35.5. The molecule has 82 valence electrons. The van der Waals surface area contributed by atoms with Gasteiger partial charge in [-0.05, 0) is 23.8 Å². The average Bonchev–Trinajstić information content (AvgIpc) is 2.26. The van der Waals surface area contributed by atoms with Gasteiger partial charge < -0.3 is 10.1 Å². The van der Waals surface area contributed by atoms with Crippen molar-refractivity contribution in [1.82, 2.24) is 4.98 Å². The van der Waals surface area contributed by atoms with E-state index in [0.717, 1.165) is 0 Å². The molecule has 0 saturated heterocycles. The Labute approximate surface area is 95.1 Å². The second kappa shape index (κ2) is 3.98. The second-order valence-electron chi connectivity index (χ2n) is 3.23. The van der Waals surface area contributed by atoms with Crippen molar-refractivity contribution in [3.8, 4) is 16.9 Å². The van der Waals surface area contributed by atoms with Gasteiger partial charge in [-0.15, -0.1) is 0 Å². The minimum atomic E-state index is -0.572. The standard InChI is InChI=1S/C11H7ClFNO2/c12-8-3-6(1-2-9(8)13)7-4-10(15)11(16)14-5-7/h1-5,15H,(H,14,16). The molecule has 16 heavy (non-hydrogen) atoms. The zero-order chi connectivity index (χ0) is 11.7.